The number of fused-ring (bicyclic) bond motifs is 1. The highest BCUT2D eigenvalue weighted by Crippen LogP contribution is 2.36. The highest BCUT2D eigenvalue weighted by molar-refractivity contribution is 6.36. The molecule has 1 unspecified atom stereocenters. The summed E-state index contributed by atoms with van der Waals surface area (Å²) in [7, 11) is 1.94. The number of pyridine rings is 2. The fraction of sp³-hybridized carbons (Fsp3) is 0.115. The molecule has 0 aliphatic carbocycles. The number of nitrogens with zero attached hydrogens (tertiary/aromatic N) is 6. The van der Waals surface area contributed by atoms with E-state index in [4.69, 9.17) is 11.6 Å². The third kappa shape index (κ3) is 4.57. The third-order valence-corrected chi connectivity index (χ3v) is 6.42. The Morgan fingerprint density at radius 3 is 2.70 bits per heavy atom. The first-order chi connectivity index (χ1) is 17.9. The van der Waals surface area contributed by atoms with Crippen molar-refractivity contribution >= 4 is 41.7 Å². The van der Waals surface area contributed by atoms with Crippen molar-refractivity contribution in [2.75, 3.05) is 17.2 Å². The number of nitriles is 1. The number of rotatable bonds is 7. The molecule has 0 saturated carbocycles. The molecule has 2 aromatic carbocycles. The molecule has 8 nitrogen and oxygen atoms in total. The Balaban J connectivity index is 1.65. The van der Waals surface area contributed by atoms with Gasteiger partial charge in [0, 0.05) is 30.0 Å². The van der Waals surface area contributed by atoms with Crippen LogP contribution in [-0.4, -0.2) is 39.4 Å². The lowest BCUT2D eigenvalue weighted by atomic mass is 9.69. The molecule has 0 fully saturated rings. The van der Waals surface area contributed by atoms with Crippen LogP contribution in [0.2, 0.25) is 5.02 Å². The summed E-state index contributed by atoms with van der Waals surface area (Å²) >= 11 is 6.65. The fourth-order valence-electron chi connectivity index (χ4n) is 4.25. The maximum Gasteiger partial charge on any atom is 0.148 e. The molecule has 2 N–H and O–H groups in total. The van der Waals surface area contributed by atoms with Crippen molar-refractivity contribution in [1.29, 1.82) is 5.26 Å². The van der Waals surface area contributed by atoms with E-state index in [9.17, 15) is 9.65 Å². The number of hydrogen-bond donors (Lipinski definition) is 2. The lowest BCUT2D eigenvalue weighted by Gasteiger charge is -2.31. The minimum Gasteiger partial charge on any atom is -0.384 e. The second-order valence-electron chi connectivity index (χ2n) is 8.56. The van der Waals surface area contributed by atoms with Gasteiger partial charge in [0.05, 0.1) is 45.3 Å². The minimum absolute atomic E-state index is 0.343. The van der Waals surface area contributed by atoms with Crippen molar-refractivity contribution in [2.24, 2.45) is 0 Å². The van der Waals surface area contributed by atoms with Gasteiger partial charge in [-0.2, -0.15) is 5.26 Å². The summed E-state index contributed by atoms with van der Waals surface area (Å²) in [5.74, 6) is -0.343. The first kappa shape index (κ1) is 24.2. The molecule has 1 atom stereocenters. The molecule has 5 rings (SSSR count). The van der Waals surface area contributed by atoms with E-state index in [0.29, 0.717) is 45.1 Å². The molecule has 0 bridgehead atoms. The van der Waals surface area contributed by atoms with Gasteiger partial charge in [-0.05, 0) is 48.9 Å². The average molecular weight is 511 g/mol. The summed E-state index contributed by atoms with van der Waals surface area (Å²) < 4.78 is 15.5. The van der Waals surface area contributed by atoms with Crippen LogP contribution in [0, 0.1) is 17.1 Å². The summed E-state index contributed by atoms with van der Waals surface area (Å²) in [5, 5.41) is 26.3. The molecule has 0 saturated heterocycles. The van der Waals surface area contributed by atoms with Gasteiger partial charge in [-0.1, -0.05) is 28.9 Å². The Morgan fingerprint density at radius 2 is 2.00 bits per heavy atom. The van der Waals surface area contributed by atoms with Gasteiger partial charge >= 0.3 is 0 Å². The van der Waals surface area contributed by atoms with Crippen LogP contribution in [0.15, 0.2) is 73.3 Å². The molecule has 3 heterocycles. The summed E-state index contributed by atoms with van der Waals surface area (Å²) in [4.78, 5) is 8.55. The normalized spacial score (nSPS) is 12.6. The lowest BCUT2D eigenvalue weighted by Crippen LogP contribution is -2.37. The predicted molar refractivity (Wildman–Crippen MR) is 144 cm³/mol. The zero-order chi connectivity index (χ0) is 26.0. The molecule has 0 radical (unpaired) electrons. The van der Waals surface area contributed by atoms with Gasteiger partial charge in [0.25, 0.3) is 0 Å². The monoisotopic (exact) mass is 510 g/mol. The summed E-state index contributed by atoms with van der Waals surface area (Å²) in [5.41, 5.74) is 3.50. The van der Waals surface area contributed by atoms with Gasteiger partial charge in [0.2, 0.25) is 0 Å². The largest absolute Gasteiger partial charge is 0.384 e. The van der Waals surface area contributed by atoms with E-state index in [0.717, 1.165) is 11.3 Å². The van der Waals surface area contributed by atoms with Crippen LogP contribution in [0.1, 0.15) is 23.7 Å². The fourth-order valence-corrected chi connectivity index (χ4v) is 4.52. The van der Waals surface area contributed by atoms with E-state index in [1.807, 2.05) is 33.0 Å². The van der Waals surface area contributed by atoms with Crippen LogP contribution in [-0.2, 0) is 5.44 Å². The van der Waals surface area contributed by atoms with E-state index in [1.165, 1.54) is 18.3 Å². The molecule has 5 aromatic rings. The second-order valence-corrected chi connectivity index (χ2v) is 8.97. The smallest absolute Gasteiger partial charge is 0.148 e. The Labute approximate surface area is 218 Å². The van der Waals surface area contributed by atoms with Crippen LogP contribution in [0.3, 0.4) is 0 Å². The maximum absolute atomic E-state index is 13.8. The van der Waals surface area contributed by atoms with Gasteiger partial charge < -0.3 is 10.6 Å². The molecule has 0 spiro atoms. The van der Waals surface area contributed by atoms with Gasteiger partial charge in [-0.25, -0.2) is 9.07 Å². The van der Waals surface area contributed by atoms with E-state index in [1.54, 1.807) is 41.5 Å². The molecule has 3 aromatic heterocycles. The van der Waals surface area contributed by atoms with Crippen molar-refractivity contribution in [3.05, 3.63) is 101 Å². The van der Waals surface area contributed by atoms with Crippen LogP contribution in [0.25, 0.3) is 16.6 Å². The van der Waals surface area contributed by atoms with Crippen molar-refractivity contribution in [3.8, 4) is 11.8 Å². The number of aromatic nitrogens is 5. The van der Waals surface area contributed by atoms with Crippen molar-refractivity contribution in [1.82, 2.24) is 25.0 Å². The SMILES string of the molecule is BC(Nc1cc(Cl)c2ncc(C#N)c(NCC)c2c1)(c1ccc(F)cc1)c1cn(-c2cccnc2)nn1. The Hall–Kier alpha value is -4.49. The Bertz CT molecular complexity index is 1620. The summed E-state index contributed by atoms with van der Waals surface area (Å²) in [6.07, 6.45) is 6.68. The van der Waals surface area contributed by atoms with E-state index in [-0.39, 0.29) is 5.82 Å². The van der Waals surface area contributed by atoms with E-state index < -0.39 is 5.44 Å². The second kappa shape index (κ2) is 9.87. The molecule has 11 heteroatoms. The minimum atomic E-state index is -0.927. The van der Waals surface area contributed by atoms with Gasteiger partial charge in [-0.3, -0.25) is 9.97 Å². The highest BCUT2D eigenvalue weighted by Gasteiger charge is 2.33. The van der Waals surface area contributed by atoms with Crippen LogP contribution >= 0.6 is 11.6 Å². The molecule has 0 amide bonds. The number of nitrogens with one attached hydrogen (secondary N) is 2. The van der Waals surface area contributed by atoms with Crippen LogP contribution in [0.4, 0.5) is 15.8 Å². The summed E-state index contributed by atoms with van der Waals surface area (Å²) in [6.45, 7) is 2.57. The zero-order valence-electron chi connectivity index (χ0n) is 20.1. The van der Waals surface area contributed by atoms with Crippen molar-refractivity contribution in [2.45, 2.75) is 12.4 Å². The first-order valence-electron chi connectivity index (χ1n) is 11.6. The predicted octanol–water partition coefficient (Wildman–Crippen LogP) is 4.25. The quantitative estimate of drug-likeness (QED) is 0.315. The number of halogens is 2. The molecular weight excluding hydrogens is 490 g/mol. The van der Waals surface area contributed by atoms with Crippen LogP contribution < -0.4 is 10.6 Å². The van der Waals surface area contributed by atoms with Gasteiger partial charge in [0.1, 0.15) is 25.4 Å². The molecule has 0 aliphatic heterocycles. The lowest BCUT2D eigenvalue weighted by molar-refractivity contribution is 0.625. The number of benzene rings is 2. The van der Waals surface area contributed by atoms with E-state index in [2.05, 4.69) is 37.0 Å². The molecule has 37 heavy (non-hydrogen) atoms. The maximum atomic E-state index is 13.8. The number of anilines is 2. The van der Waals surface area contributed by atoms with Crippen molar-refractivity contribution < 1.29 is 4.39 Å². The number of hydrogen-bond acceptors (Lipinski definition) is 7. The van der Waals surface area contributed by atoms with E-state index >= 15 is 0 Å². The van der Waals surface area contributed by atoms with Crippen molar-refractivity contribution in [3.63, 3.8) is 0 Å². The molecule has 0 aliphatic rings. The summed E-state index contributed by atoms with van der Waals surface area (Å²) in [6, 6.07) is 15.7. The Morgan fingerprint density at radius 1 is 1.19 bits per heavy atom. The van der Waals surface area contributed by atoms with Gasteiger partial charge in [-0.15, -0.1) is 5.10 Å². The van der Waals surface area contributed by atoms with Gasteiger partial charge in [0.15, 0.2) is 0 Å². The molecule has 182 valence electrons. The topological polar surface area (TPSA) is 104 Å². The highest BCUT2D eigenvalue weighted by atomic mass is 35.5. The zero-order valence-corrected chi connectivity index (χ0v) is 20.8. The third-order valence-electron chi connectivity index (χ3n) is 6.13. The van der Waals surface area contributed by atoms with Crippen LogP contribution in [0.5, 0.6) is 0 Å². The Kier molecular flexibility index (Phi) is 6.46. The molecular formula is C26H21BClFN8. The average Bonchev–Trinajstić information content (AvgIpc) is 3.41. The standard InChI is InChI=1S/C26H21BClFN8/c1-2-32-24-16(12-30)13-33-25-21(24)10-19(11-22(25)28)34-26(27,17-5-7-18(29)8-6-17)23-15-37(36-35-23)20-4-3-9-31-14-20/h3-11,13-15,34H,2,27H2,1H3,(H,32,33). The first-order valence-corrected chi connectivity index (χ1v) is 11.9.